The summed E-state index contributed by atoms with van der Waals surface area (Å²) < 4.78 is 13.8. The van der Waals surface area contributed by atoms with Gasteiger partial charge in [0, 0.05) is 29.6 Å². The minimum absolute atomic E-state index is 0.0238. The van der Waals surface area contributed by atoms with E-state index in [0.717, 1.165) is 30.2 Å². The Morgan fingerprint density at radius 2 is 2.00 bits per heavy atom. The van der Waals surface area contributed by atoms with E-state index in [4.69, 9.17) is 5.41 Å². The van der Waals surface area contributed by atoms with Gasteiger partial charge in [0.1, 0.15) is 17.5 Å². The Hall–Kier alpha value is -3.85. The number of carbonyl (C=O) groups excluding carboxylic acids is 1. The van der Waals surface area contributed by atoms with Gasteiger partial charge < -0.3 is 20.8 Å². The average Bonchev–Trinajstić information content (AvgIpc) is 3.25. The Balaban J connectivity index is 1.59. The summed E-state index contributed by atoms with van der Waals surface area (Å²) in [5.74, 6) is 0.621. The summed E-state index contributed by atoms with van der Waals surface area (Å²) in [5.41, 5.74) is 3.29. The second-order valence-electron chi connectivity index (χ2n) is 8.37. The quantitative estimate of drug-likeness (QED) is 0.341. The molecule has 5 N–H and O–H groups in total. The highest BCUT2D eigenvalue weighted by atomic mass is 19.1. The van der Waals surface area contributed by atoms with Crippen LogP contribution in [-0.2, 0) is 0 Å². The fraction of sp³-hybridized carbons (Fsp3) is 0.280. The molecule has 0 radical (unpaired) electrons. The number of amides is 2. The highest BCUT2D eigenvalue weighted by Crippen LogP contribution is 2.32. The Morgan fingerprint density at radius 3 is 2.74 bits per heavy atom. The first-order valence-corrected chi connectivity index (χ1v) is 11.2. The summed E-state index contributed by atoms with van der Waals surface area (Å²) in [6.07, 6.45) is 8.52. The fourth-order valence-corrected chi connectivity index (χ4v) is 4.03. The number of rotatable bonds is 6. The number of hydrogen-bond acceptors (Lipinski definition) is 5. The van der Waals surface area contributed by atoms with Crippen molar-refractivity contribution in [1.82, 2.24) is 20.3 Å². The standard InChI is InChI=1S/C25H27FN6O2/c1-15-13-16(4-9-20(15)26)23-24(31-21(30-23)3-2-11-27)17-10-12-28-22(14-17)32-25(34)29-18-5-7-19(33)8-6-18/h2-4,9-14,18-19,27,33H,5-8H2,1H3,(H,30,31)(H2,28,29,32,34)/b3-2-,27-11?. The lowest BCUT2D eigenvalue weighted by Gasteiger charge is -2.26. The van der Waals surface area contributed by atoms with Crippen LogP contribution in [0.2, 0.25) is 0 Å². The average molecular weight is 463 g/mol. The number of imidazole rings is 1. The van der Waals surface area contributed by atoms with Gasteiger partial charge in [0.15, 0.2) is 0 Å². The van der Waals surface area contributed by atoms with Crippen molar-refractivity contribution in [1.29, 1.82) is 5.41 Å². The maximum atomic E-state index is 13.8. The van der Waals surface area contributed by atoms with E-state index < -0.39 is 0 Å². The first-order chi connectivity index (χ1) is 16.4. The molecule has 9 heteroatoms. The molecule has 0 bridgehead atoms. The van der Waals surface area contributed by atoms with E-state index in [1.807, 2.05) is 0 Å². The molecule has 176 valence electrons. The molecule has 1 fully saturated rings. The number of nitrogens with zero attached hydrogens (tertiary/aromatic N) is 2. The zero-order valence-corrected chi connectivity index (χ0v) is 18.8. The second kappa shape index (κ2) is 10.4. The highest BCUT2D eigenvalue weighted by molar-refractivity contribution is 5.90. The molecule has 0 aliphatic heterocycles. The van der Waals surface area contributed by atoms with Crippen LogP contribution in [-0.4, -0.2) is 44.4 Å². The number of aryl methyl sites for hydroxylation is 1. The molecule has 34 heavy (non-hydrogen) atoms. The van der Waals surface area contributed by atoms with Crippen molar-refractivity contribution in [3.05, 3.63) is 59.8 Å². The van der Waals surface area contributed by atoms with E-state index in [2.05, 4.69) is 25.6 Å². The molecule has 2 aromatic heterocycles. The summed E-state index contributed by atoms with van der Waals surface area (Å²) >= 11 is 0. The van der Waals surface area contributed by atoms with Crippen molar-refractivity contribution in [3.8, 4) is 22.5 Å². The number of anilines is 1. The predicted octanol–water partition coefficient (Wildman–Crippen LogP) is 4.67. The van der Waals surface area contributed by atoms with Gasteiger partial charge in [-0.3, -0.25) is 5.32 Å². The van der Waals surface area contributed by atoms with E-state index in [1.165, 1.54) is 6.07 Å². The van der Waals surface area contributed by atoms with Crippen LogP contribution in [0.3, 0.4) is 0 Å². The van der Waals surface area contributed by atoms with Crippen molar-refractivity contribution in [2.45, 2.75) is 44.8 Å². The maximum absolute atomic E-state index is 13.8. The molecule has 1 aromatic carbocycles. The molecule has 0 atom stereocenters. The SMILES string of the molecule is Cc1cc(-c2nc(/C=C\C=N)[nH]c2-c2ccnc(NC(=O)NC3CCC(O)CC3)c2)ccc1F. The van der Waals surface area contributed by atoms with Crippen molar-refractivity contribution in [2.24, 2.45) is 0 Å². The summed E-state index contributed by atoms with van der Waals surface area (Å²) in [7, 11) is 0. The van der Waals surface area contributed by atoms with Gasteiger partial charge >= 0.3 is 6.03 Å². The number of allylic oxidation sites excluding steroid dienone is 1. The van der Waals surface area contributed by atoms with Gasteiger partial charge in [-0.1, -0.05) is 0 Å². The van der Waals surface area contributed by atoms with Crippen molar-refractivity contribution in [2.75, 3.05) is 5.32 Å². The topological polar surface area (TPSA) is 127 Å². The van der Waals surface area contributed by atoms with Gasteiger partial charge in [0.25, 0.3) is 0 Å². The number of benzene rings is 1. The first-order valence-electron chi connectivity index (χ1n) is 11.2. The Labute approximate surface area is 196 Å². The Kier molecular flexibility index (Phi) is 7.12. The number of nitrogens with one attached hydrogen (secondary N) is 4. The molecular weight excluding hydrogens is 435 g/mol. The minimum atomic E-state index is -0.348. The number of carbonyl (C=O) groups is 1. The van der Waals surface area contributed by atoms with Crippen LogP contribution in [0, 0.1) is 18.2 Å². The van der Waals surface area contributed by atoms with Gasteiger partial charge in [0.2, 0.25) is 0 Å². The molecule has 1 saturated carbocycles. The number of aromatic nitrogens is 3. The van der Waals surface area contributed by atoms with Crippen molar-refractivity contribution in [3.63, 3.8) is 0 Å². The van der Waals surface area contributed by atoms with E-state index in [1.54, 1.807) is 49.5 Å². The van der Waals surface area contributed by atoms with Crippen LogP contribution in [0.1, 0.15) is 37.1 Å². The van der Waals surface area contributed by atoms with Crippen LogP contribution in [0.25, 0.3) is 28.6 Å². The van der Waals surface area contributed by atoms with Crippen LogP contribution in [0.4, 0.5) is 15.0 Å². The van der Waals surface area contributed by atoms with Crippen molar-refractivity contribution < 1.29 is 14.3 Å². The molecule has 4 rings (SSSR count). The monoisotopic (exact) mass is 462 g/mol. The third kappa shape index (κ3) is 5.55. The molecule has 3 aromatic rings. The van der Waals surface area contributed by atoms with Crippen LogP contribution >= 0.6 is 0 Å². The normalized spacial score (nSPS) is 18.1. The maximum Gasteiger partial charge on any atom is 0.320 e. The van der Waals surface area contributed by atoms with E-state index >= 15 is 0 Å². The number of H-pyrrole nitrogens is 1. The van der Waals surface area contributed by atoms with E-state index in [0.29, 0.717) is 41.4 Å². The van der Waals surface area contributed by atoms with Gasteiger partial charge in [0.05, 0.1) is 17.5 Å². The first kappa shape index (κ1) is 23.3. The van der Waals surface area contributed by atoms with Gasteiger partial charge in [-0.2, -0.15) is 0 Å². The molecule has 0 saturated heterocycles. The number of urea groups is 1. The largest absolute Gasteiger partial charge is 0.393 e. The molecule has 1 aliphatic carbocycles. The van der Waals surface area contributed by atoms with Crippen LogP contribution in [0.5, 0.6) is 0 Å². The second-order valence-corrected chi connectivity index (χ2v) is 8.37. The van der Waals surface area contributed by atoms with E-state index in [9.17, 15) is 14.3 Å². The summed E-state index contributed by atoms with van der Waals surface area (Å²) in [4.78, 5) is 24.6. The highest BCUT2D eigenvalue weighted by Gasteiger charge is 2.21. The van der Waals surface area contributed by atoms with E-state index in [-0.39, 0.29) is 24.0 Å². The smallest absolute Gasteiger partial charge is 0.320 e. The summed E-state index contributed by atoms with van der Waals surface area (Å²) in [5, 5.41) is 22.6. The number of aliphatic hydroxyl groups excluding tert-OH is 1. The van der Waals surface area contributed by atoms with Gasteiger partial charge in [-0.05, 0) is 80.7 Å². The predicted molar refractivity (Wildman–Crippen MR) is 130 cm³/mol. The molecule has 2 amide bonds. The number of aliphatic hydroxyl groups is 1. The molecule has 8 nitrogen and oxygen atoms in total. The minimum Gasteiger partial charge on any atom is -0.393 e. The van der Waals surface area contributed by atoms with Gasteiger partial charge in [-0.25, -0.2) is 19.2 Å². The molecular formula is C25H27FN6O2. The summed E-state index contributed by atoms with van der Waals surface area (Å²) in [6, 6.07) is 8.01. The molecule has 2 heterocycles. The number of halogens is 1. The molecule has 1 aliphatic rings. The third-order valence-corrected chi connectivity index (χ3v) is 5.83. The van der Waals surface area contributed by atoms with Crippen LogP contribution in [0.15, 0.2) is 42.6 Å². The number of hydrogen-bond donors (Lipinski definition) is 5. The zero-order valence-electron chi connectivity index (χ0n) is 18.8. The zero-order chi connectivity index (χ0) is 24.1. The Morgan fingerprint density at radius 1 is 1.21 bits per heavy atom. The molecule has 0 unspecified atom stereocenters. The van der Waals surface area contributed by atoms with Crippen molar-refractivity contribution >= 4 is 24.1 Å². The Bertz CT molecular complexity index is 1210. The number of aromatic amines is 1. The molecule has 0 spiro atoms. The lowest BCUT2D eigenvalue weighted by Crippen LogP contribution is -2.41. The van der Waals surface area contributed by atoms with Gasteiger partial charge in [-0.15, -0.1) is 0 Å². The fourth-order valence-electron chi connectivity index (χ4n) is 4.03. The number of pyridine rings is 1. The lowest BCUT2D eigenvalue weighted by molar-refractivity contribution is 0.118. The third-order valence-electron chi connectivity index (χ3n) is 5.83. The van der Waals surface area contributed by atoms with Crippen LogP contribution < -0.4 is 10.6 Å². The summed E-state index contributed by atoms with van der Waals surface area (Å²) in [6.45, 7) is 1.70. The lowest BCUT2D eigenvalue weighted by atomic mass is 9.93.